The van der Waals surface area contributed by atoms with E-state index in [1.807, 2.05) is 65.2 Å². The van der Waals surface area contributed by atoms with Gasteiger partial charge in [0.1, 0.15) is 0 Å². The van der Waals surface area contributed by atoms with Crippen LogP contribution in [0.15, 0.2) is 78.2 Å². The predicted octanol–water partition coefficient (Wildman–Crippen LogP) is 4.02. The molecule has 1 atom stereocenters. The lowest BCUT2D eigenvalue weighted by Crippen LogP contribution is -2.18. The first-order valence-corrected chi connectivity index (χ1v) is 11.7. The van der Waals surface area contributed by atoms with Crippen LogP contribution < -0.4 is 9.47 Å². The number of aliphatic hydroxyl groups is 1. The molecule has 4 rings (SSSR count). The fourth-order valence-corrected chi connectivity index (χ4v) is 4.22. The van der Waals surface area contributed by atoms with Crippen molar-refractivity contribution in [3.05, 3.63) is 78.6 Å². The van der Waals surface area contributed by atoms with Crippen LogP contribution in [0.25, 0.3) is 17.1 Å². The van der Waals surface area contributed by atoms with Gasteiger partial charge in [0.25, 0.3) is 0 Å². The zero-order valence-corrected chi connectivity index (χ0v) is 19.8. The monoisotopic (exact) mass is 478 g/mol. The molecular weight excluding hydrogens is 452 g/mol. The highest BCUT2D eigenvalue weighted by Gasteiger charge is 2.17. The minimum Gasteiger partial charge on any atom is -0.493 e. The van der Waals surface area contributed by atoms with Crippen LogP contribution in [-0.4, -0.2) is 57.5 Å². The number of hydrogen-bond donors (Lipinski definition) is 1. The molecule has 0 aliphatic rings. The van der Waals surface area contributed by atoms with Crippen LogP contribution in [0.2, 0.25) is 0 Å². The first kappa shape index (κ1) is 23.7. The van der Waals surface area contributed by atoms with Crippen LogP contribution in [0.3, 0.4) is 0 Å². The Morgan fingerprint density at radius 2 is 1.71 bits per heavy atom. The lowest BCUT2D eigenvalue weighted by molar-refractivity contribution is 0.0397. The number of thioether (sulfide) groups is 1. The van der Waals surface area contributed by atoms with Crippen molar-refractivity contribution in [2.24, 2.45) is 0 Å². The molecule has 2 aromatic heterocycles. The number of para-hydroxylation sites is 1. The maximum absolute atomic E-state index is 10.5. The largest absolute Gasteiger partial charge is 0.493 e. The molecule has 176 valence electrons. The van der Waals surface area contributed by atoms with E-state index in [9.17, 15) is 5.11 Å². The van der Waals surface area contributed by atoms with Crippen molar-refractivity contribution in [3.8, 4) is 28.6 Å². The molecule has 0 amide bonds. The third-order valence-electron chi connectivity index (χ3n) is 5.02. The quantitative estimate of drug-likeness (QED) is 0.323. The fraction of sp³-hybridized carbons (Fsp3) is 0.240. The number of nitrogens with zero attached hydrogens (tertiary/aromatic N) is 4. The van der Waals surface area contributed by atoms with Crippen molar-refractivity contribution in [2.75, 3.05) is 26.6 Å². The highest BCUT2D eigenvalue weighted by molar-refractivity contribution is 7.99. The van der Waals surface area contributed by atoms with E-state index in [1.165, 1.54) is 11.8 Å². The van der Waals surface area contributed by atoms with Crippen molar-refractivity contribution in [1.29, 1.82) is 0 Å². The number of hydrogen-bond acceptors (Lipinski definition) is 8. The summed E-state index contributed by atoms with van der Waals surface area (Å²) in [5.41, 5.74) is 2.79. The number of rotatable bonds is 11. The Hall–Kier alpha value is -3.40. The zero-order chi connectivity index (χ0) is 23.8. The summed E-state index contributed by atoms with van der Waals surface area (Å²) in [6, 6.07) is 19.3. The van der Waals surface area contributed by atoms with Crippen molar-refractivity contribution in [3.63, 3.8) is 0 Å². The molecule has 2 aromatic carbocycles. The molecule has 0 aliphatic heterocycles. The lowest BCUT2D eigenvalue weighted by atomic mass is 10.2. The lowest BCUT2D eigenvalue weighted by Gasteiger charge is -2.13. The molecule has 2 heterocycles. The van der Waals surface area contributed by atoms with Gasteiger partial charge >= 0.3 is 0 Å². The highest BCUT2D eigenvalue weighted by atomic mass is 32.2. The number of pyridine rings is 1. The predicted molar refractivity (Wildman–Crippen MR) is 131 cm³/mol. The molecule has 0 aliphatic carbocycles. The Kier molecular flexibility index (Phi) is 8.13. The van der Waals surface area contributed by atoms with E-state index in [1.54, 1.807) is 26.6 Å². The summed E-state index contributed by atoms with van der Waals surface area (Å²) >= 11 is 1.43. The molecule has 1 N–H and O–H groups in total. The average Bonchev–Trinajstić information content (AvgIpc) is 3.32. The Labute approximate surface area is 202 Å². The molecule has 34 heavy (non-hydrogen) atoms. The van der Waals surface area contributed by atoms with Crippen LogP contribution in [0, 0.1) is 0 Å². The zero-order valence-electron chi connectivity index (χ0n) is 19.0. The van der Waals surface area contributed by atoms with E-state index in [2.05, 4.69) is 15.2 Å². The van der Waals surface area contributed by atoms with Crippen molar-refractivity contribution >= 4 is 11.8 Å². The number of ether oxygens (including phenoxy) is 3. The summed E-state index contributed by atoms with van der Waals surface area (Å²) in [7, 11) is 3.19. The van der Waals surface area contributed by atoms with Gasteiger partial charge in [0.15, 0.2) is 22.5 Å². The van der Waals surface area contributed by atoms with Crippen LogP contribution in [0.5, 0.6) is 11.5 Å². The van der Waals surface area contributed by atoms with Gasteiger partial charge in [-0.3, -0.25) is 9.55 Å². The Bertz CT molecular complexity index is 1190. The molecule has 0 bridgehead atoms. The van der Waals surface area contributed by atoms with Crippen molar-refractivity contribution in [2.45, 2.75) is 17.9 Å². The summed E-state index contributed by atoms with van der Waals surface area (Å²) < 4.78 is 18.3. The summed E-state index contributed by atoms with van der Waals surface area (Å²) in [6.07, 6.45) is 2.78. The number of benzene rings is 2. The molecular formula is C25H26N4O4S. The second-order valence-corrected chi connectivity index (χ2v) is 8.37. The van der Waals surface area contributed by atoms with Gasteiger partial charge in [0.05, 0.1) is 33.5 Å². The summed E-state index contributed by atoms with van der Waals surface area (Å²) in [5.74, 6) is 2.43. The molecule has 0 saturated carbocycles. The standard InChI is InChI=1S/C25H26N4O4S/c1-31-22-9-8-18(14-23(22)32-2)15-33-16-21(30)17-34-25-28-27-24(19-10-12-26-13-11-19)29(25)20-6-4-3-5-7-20/h3-14,21,30H,15-17H2,1-2H3. The van der Waals surface area contributed by atoms with E-state index in [0.29, 0.717) is 29.0 Å². The van der Waals surface area contributed by atoms with Gasteiger partial charge in [-0.05, 0) is 42.0 Å². The molecule has 4 aromatic rings. The minimum atomic E-state index is -0.671. The first-order valence-electron chi connectivity index (χ1n) is 10.7. The van der Waals surface area contributed by atoms with Gasteiger partial charge in [-0.15, -0.1) is 10.2 Å². The molecule has 0 spiro atoms. The molecule has 0 fully saturated rings. The van der Waals surface area contributed by atoms with Gasteiger partial charge in [-0.2, -0.15) is 0 Å². The van der Waals surface area contributed by atoms with Crippen molar-refractivity contribution < 1.29 is 19.3 Å². The number of aliphatic hydroxyl groups excluding tert-OH is 1. The van der Waals surface area contributed by atoms with Gasteiger partial charge in [-0.1, -0.05) is 36.0 Å². The van der Waals surface area contributed by atoms with E-state index in [0.717, 1.165) is 22.6 Å². The SMILES string of the molecule is COc1ccc(COCC(O)CSc2nnc(-c3ccncc3)n2-c2ccccc2)cc1OC. The maximum atomic E-state index is 10.5. The molecule has 0 saturated heterocycles. The Morgan fingerprint density at radius 3 is 2.44 bits per heavy atom. The van der Waals surface area contributed by atoms with Crippen LogP contribution in [0.1, 0.15) is 5.56 Å². The molecule has 0 radical (unpaired) electrons. The molecule has 1 unspecified atom stereocenters. The van der Waals surface area contributed by atoms with Gasteiger partial charge in [-0.25, -0.2) is 0 Å². The van der Waals surface area contributed by atoms with E-state index < -0.39 is 6.10 Å². The summed E-state index contributed by atoms with van der Waals surface area (Å²) in [6.45, 7) is 0.548. The maximum Gasteiger partial charge on any atom is 0.196 e. The first-order chi connectivity index (χ1) is 16.7. The van der Waals surface area contributed by atoms with Crippen LogP contribution >= 0.6 is 11.8 Å². The smallest absolute Gasteiger partial charge is 0.196 e. The van der Waals surface area contributed by atoms with E-state index in [-0.39, 0.29) is 6.61 Å². The second kappa shape index (κ2) is 11.6. The van der Waals surface area contributed by atoms with Crippen LogP contribution in [-0.2, 0) is 11.3 Å². The van der Waals surface area contributed by atoms with Gasteiger partial charge in [0, 0.05) is 29.4 Å². The van der Waals surface area contributed by atoms with Gasteiger partial charge in [0.2, 0.25) is 0 Å². The van der Waals surface area contributed by atoms with Crippen molar-refractivity contribution in [1.82, 2.24) is 19.7 Å². The fourth-order valence-electron chi connectivity index (χ4n) is 3.36. The second-order valence-electron chi connectivity index (χ2n) is 7.38. The summed E-state index contributed by atoms with van der Waals surface area (Å²) in [4.78, 5) is 4.09. The van der Waals surface area contributed by atoms with E-state index in [4.69, 9.17) is 14.2 Å². The van der Waals surface area contributed by atoms with E-state index >= 15 is 0 Å². The normalized spacial score (nSPS) is 11.9. The topological polar surface area (TPSA) is 91.5 Å². The Balaban J connectivity index is 1.39. The minimum absolute atomic E-state index is 0.192. The molecule has 9 heteroatoms. The van der Waals surface area contributed by atoms with Gasteiger partial charge < -0.3 is 19.3 Å². The summed E-state index contributed by atoms with van der Waals surface area (Å²) in [5, 5.41) is 20.0. The average molecular weight is 479 g/mol. The third-order valence-corrected chi connectivity index (χ3v) is 6.09. The number of methoxy groups -OCH3 is 2. The third kappa shape index (κ3) is 5.74. The molecule has 8 nitrogen and oxygen atoms in total. The highest BCUT2D eigenvalue weighted by Crippen LogP contribution is 2.29. The Morgan fingerprint density at radius 1 is 0.941 bits per heavy atom. The van der Waals surface area contributed by atoms with Crippen LogP contribution in [0.4, 0.5) is 0 Å². The number of aromatic nitrogens is 4.